The van der Waals surface area contributed by atoms with E-state index in [1.165, 1.54) is 12.3 Å². The van der Waals surface area contributed by atoms with Crippen molar-refractivity contribution < 1.29 is 14.7 Å². The van der Waals surface area contributed by atoms with Crippen molar-refractivity contribution in [2.24, 2.45) is 5.10 Å². The molecule has 0 bridgehead atoms. The van der Waals surface area contributed by atoms with Crippen LogP contribution in [0, 0.1) is 0 Å². The Bertz CT molecular complexity index is 843. The molecule has 3 N–H and O–H groups in total. The molecule has 2 amide bonds. The van der Waals surface area contributed by atoms with Crippen LogP contribution < -0.4 is 10.7 Å². The number of nitrogens with one attached hydrogen (secondary N) is 2. The van der Waals surface area contributed by atoms with Crippen LogP contribution in [0.4, 0.5) is 5.69 Å². The Balaban J connectivity index is 1.87. The molecule has 0 saturated carbocycles. The summed E-state index contributed by atoms with van der Waals surface area (Å²) < 4.78 is 0.501. The van der Waals surface area contributed by atoms with Gasteiger partial charge in [-0.25, -0.2) is 5.43 Å². The number of halogens is 3. The molecule has 0 aliphatic rings. The molecule has 0 aliphatic heterocycles. The number of anilines is 1. The van der Waals surface area contributed by atoms with Crippen molar-refractivity contribution in [3.05, 3.63) is 56.5 Å². The average molecular weight is 445 g/mol. The molecule has 0 atom stereocenters. The van der Waals surface area contributed by atoms with E-state index in [9.17, 15) is 14.7 Å². The quantitative estimate of drug-likeness (QED) is 0.370. The summed E-state index contributed by atoms with van der Waals surface area (Å²) in [5.74, 6) is -1.05. The molecule has 0 heterocycles. The van der Waals surface area contributed by atoms with Gasteiger partial charge in [0, 0.05) is 0 Å². The van der Waals surface area contributed by atoms with Crippen LogP contribution in [0.3, 0.4) is 0 Å². The molecular weight excluding hydrogens is 433 g/mol. The summed E-state index contributed by atoms with van der Waals surface area (Å²) in [7, 11) is 0. The van der Waals surface area contributed by atoms with Crippen molar-refractivity contribution >= 4 is 62.8 Å². The number of hydrazone groups is 1. The van der Waals surface area contributed by atoms with E-state index in [0.29, 0.717) is 20.7 Å². The minimum atomic E-state index is -0.593. The molecule has 0 fully saturated rings. The maximum Gasteiger partial charge on any atom is 0.249 e. The third-order valence-electron chi connectivity index (χ3n) is 2.92. The topological polar surface area (TPSA) is 90.8 Å². The number of phenols is 1. The highest BCUT2D eigenvalue weighted by atomic mass is 79.9. The fourth-order valence-corrected chi connectivity index (χ4v) is 2.51. The first-order valence-corrected chi connectivity index (χ1v) is 8.46. The van der Waals surface area contributed by atoms with Gasteiger partial charge in [0.2, 0.25) is 11.8 Å². The first kappa shape index (κ1) is 19.2. The lowest BCUT2D eigenvalue weighted by Gasteiger charge is -2.07. The van der Waals surface area contributed by atoms with Crippen molar-refractivity contribution in [1.82, 2.24) is 5.43 Å². The molecule has 0 saturated heterocycles. The minimum Gasteiger partial charge on any atom is -0.507 e. The van der Waals surface area contributed by atoms with Crippen molar-refractivity contribution in [3.8, 4) is 5.75 Å². The molecule has 6 nitrogen and oxygen atoms in total. The third kappa shape index (κ3) is 5.74. The number of carbonyl (C=O) groups is 2. The van der Waals surface area contributed by atoms with E-state index in [1.807, 2.05) is 0 Å². The summed E-state index contributed by atoms with van der Waals surface area (Å²) in [4.78, 5) is 23.6. The zero-order chi connectivity index (χ0) is 18.4. The van der Waals surface area contributed by atoms with E-state index in [2.05, 4.69) is 31.8 Å². The first-order chi connectivity index (χ1) is 11.9. The number of rotatable bonds is 5. The monoisotopic (exact) mass is 443 g/mol. The fourth-order valence-electron chi connectivity index (χ4n) is 1.76. The summed E-state index contributed by atoms with van der Waals surface area (Å²) in [6.45, 7) is 0. The van der Waals surface area contributed by atoms with Gasteiger partial charge in [-0.1, -0.05) is 29.3 Å². The molecule has 0 radical (unpaired) electrons. The Morgan fingerprint density at radius 3 is 2.68 bits per heavy atom. The molecule has 2 aromatic carbocycles. The van der Waals surface area contributed by atoms with Crippen LogP contribution in [0.15, 0.2) is 46.0 Å². The van der Waals surface area contributed by atoms with Gasteiger partial charge in [0.25, 0.3) is 0 Å². The van der Waals surface area contributed by atoms with E-state index in [4.69, 9.17) is 23.2 Å². The third-order valence-corrected chi connectivity index (χ3v) is 4.38. The maximum atomic E-state index is 11.8. The molecule has 25 heavy (non-hydrogen) atoms. The summed E-state index contributed by atoms with van der Waals surface area (Å²) in [6.07, 6.45) is 0.952. The smallest absolute Gasteiger partial charge is 0.249 e. The predicted molar refractivity (Wildman–Crippen MR) is 101 cm³/mol. The number of phenolic OH excluding ortho intramolecular Hbond substituents is 1. The van der Waals surface area contributed by atoms with Crippen LogP contribution in [0.2, 0.25) is 10.0 Å². The zero-order valence-corrected chi connectivity index (χ0v) is 15.7. The van der Waals surface area contributed by atoms with Gasteiger partial charge in [-0.3, -0.25) is 9.59 Å². The van der Waals surface area contributed by atoms with Crippen molar-refractivity contribution in [3.63, 3.8) is 0 Å². The molecular formula is C16H12BrCl2N3O3. The number of hydrogen-bond acceptors (Lipinski definition) is 4. The molecule has 2 aromatic rings. The second kappa shape index (κ2) is 8.84. The molecule has 2 rings (SSSR count). The van der Waals surface area contributed by atoms with Gasteiger partial charge in [0.05, 0.1) is 26.4 Å². The van der Waals surface area contributed by atoms with Gasteiger partial charge in [0.1, 0.15) is 12.2 Å². The number of hydrogen-bond donors (Lipinski definition) is 3. The van der Waals surface area contributed by atoms with Crippen molar-refractivity contribution in [1.29, 1.82) is 0 Å². The second-order valence-corrected chi connectivity index (χ2v) is 6.47. The summed E-state index contributed by atoms with van der Waals surface area (Å²) >= 11 is 15.0. The summed E-state index contributed by atoms with van der Waals surface area (Å²) in [5.41, 5.74) is 3.22. The minimum absolute atomic E-state index is 0.0949. The van der Waals surface area contributed by atoms with E-state index in [0.717, 1.165) is 0 Å². The number of nitrogens with zero attached hydrogens (tertiary/aromatic N) is 1. The highest BCUT2D eigenvalue weighted by Gasteiger charge is 2.12. The van der Waals surface area contributed by atoms with Crippen LogP contribution in [0.25, 0.3) is 0 Å². The van der Waals surface area contributed by atoms with E-state index in [-0.39, 0.29) is 10.8 Å². The Morgan fingerprint density at radius 1 is 1.20 bits per heavy atom. The molecule has 0 aliphatic carbocycles. The van der Waals surface area contributed by atoms with Gasteiger partial charge in [-0.05, 0) is 51.8 Å². The molecule has 0 spiro atoms. The largest absolute Gasteiger partial charge is 0.507 e. The van der Waals surface area contributed by atoms with Crippen LogP contribution in [-0.4, -0.2) is 23.1 Å². The lowest BCUT2D eigenvalue weighted by atomic mass is 10.2. The molecule has 9 heteroatoms. The van der Waals surface area contributed by atoms with Gasteiger partial charge in [0.15, 0.2) is 0 Å². The second-order valence-electron chi connectivity index (χ2n) is 4.83. The summed E-state index contributed by atoms with van der Waals surface area (Å²) in [6, 6.07) is 9.51. The Labute approximate surface area is 162 Å². The fraction of sp³-hybridized carbons (Fsp3) is 0.0625. The Morgan fingerprint density at radius 2 is 1.96 bits per heavy atom. The van der Waals surface area contributed by atoms with Crippen LogP contribution in [-0.2, 0) is 9.59 Å². The lowest BCUT2D eigenvalue weighted by molar-refractivity contribution is -0.126. The summed E-state index contributed by atoms with van der Waals surface area (Å²) in [5, 5.41) is 16.1. The predicted octanol–water partition coefficient (Wildman–Crippen LogP) is 3.94. The highest BCUT2D eigenvalue weighted by Crippen LogP contribution is 2.29. The number of carbonyl (C=O) groups excluding carboxylic acids is 2. The van der Waals surface area contributed by atoms with Gasteiger partial charge >= 0.3 is 0 Å². The average Bonchev–Trinajstić information content (AvgIpc) is 2.55. The normalized spacial score (nSPS) is 10.7. The molecule has 130 valence electrons. The highest BCUT2D eigenvalue weighted by molar-refractivity contribution is 9.10. The Kier molecular flexibility index (Phi) is 6.81. The molecule has 0 aromatic heterocycles. The first-order valence-electron chi connectivity index (χ1n) is 6.91. The van der Waals surface area contributed by atoms with Crippen LogP contribution in [0.1, 0.15) is 12.0 Å². The Hall–Kier alpha value is -2.09. The van der Waals surface area contributed by atoms with E-state index < -0.39 is 18.2 Å². The number of aromatic hydroxyl groups is 1. The van der Waals surface area contributed by atoms with Gasteiger partial charge in [-0.15, -0.1) is 0 Å². The van der Waals surface area contributed by atoms with Gasteiger partial charge < -0.3 is 10.4 Å². The maximum absolute atomic E-state index is 11.8. The standard InChI is InChI=1S/C16H12BrCl2N3O3/c17-10-6-9(4-5-13(10)23)8-20-22-15(25)7-14(24)21-12-3-1-2-11(18)16(12)19/h1-6,8,23H,7H2,(H,21,24)(H,22,25)/b20-8+. The van der Waals surface area contributed by atoms with Crippen LogP contribution >= 0.6 is 39.1 Å². The van der Waals surface area contributed by atoms with Crippen LogP contribution in [0.5, 0.6) is 5.75 Å². The molecule has 0 unspecified atom stereocenters. The zero-order valence-electron chi connectivity index (χ0n) is 12.6. The van der Waals surface area contributed by atoms with E-state index >= 15 is 0 Å². The number of benzene rings is 2. The SMILES string of the molecule is O=C(CC(=O)Nc1cccc(Cl)c1Cl)N/N=C/c1ccc(O)c(Br)c1. The number of amides is 2. The van der Waals surface area contributed by atoms with Crippen molar-refractivity contribution in [2.45, 2.75) is 6.42 Å². The van der Waals surface area contributed by atoms with Gasteiger partial charge in [-0.2, -0.15) is 5.10 Å². The lowest BCUT2D eigenvalue weighted by Crippen LogP contribution is -2.24. The van der Waals surface area contributed by atoms with Crippen molar-refractivity contribution in [2.75, 3.05) is 5.32 Å². The van der Waals surface area contributed by atoms with E-state index in [1.54, 1.807) is 30.3 Å².